The van der Waals surface area contributed by atoms with Crippen LogP contribution in [-0.2, 0) is 23.9 Å². The monoisotopic (exact) mass is 411 g/mol. The molecule has 0 bridgehead atoms. The normalized spacial score (nSPS) is 11.6. The number of pyridine rings is 2. The molecule has 1 amide bonds. The standard InChI is InChI=1S/C18H17F4N5O2/c1-2-23-16(28)8-15-12-10-27(26-14(12)3-4-24-15)5-6-29-17-13(19)7-11(9-25-17)18(20,21)22/h3-4,7,9-10H,2,5-6,8H2,1H3,(H,23,28). The summed E-state index contributed by atoms with van der Waals surface area (Å²) in [6, 6.07) is 2.02. The molecule has 0 unspecified atom stereocenters. The molecule has 3 aromatic heterocycles. The van der Waals surface area contributed by atoms with Crippen molar-refractivity contribution in [1.29, 1.82) is 0 Å². The minimum absolute atomic E-state index is 0.0671. The molecule has 29 heavy (non-hydrogen) atoms. The number of amides is 1. The number of rotatable bonds is 7. The summed E-state index contributed by atoms with van der Waals surface area (Å²) < 4.78 is 58.0. The number of aromatic nitrogens is 4. The van der Waals surface area contributed by atoms with E-state index >= 15 is 0 Å². The highest BCUT2D eigenvalue weighted by atomic mass is 19.4. The number of ether oxygens (including phenoxy) is 1. The van der Waals surface area contributed by atoms with Crippen molar-refractivity contribution in [2.75, 3.05) is 13.2 Å². The highest BCUT2D eigenvalue weighted by Crippen LogP contribution is 2.30. The molecule has 0 atom stereocenters. The lowest BCUT2D eigenvalue weighted by molar-refractivity contribution is -0.138. The number of alkyl halides is 3. The molecule has 0 saturated heterocycles. The summed E-state index contributed by atoms with van der Waals surface area (Å²) in [6.45, 7) is 2.46. The van der Waals surface area contributed by atoms with Gasteiger partial charge in [-0.25, -0.2) is 9.37 Å². The first-order valence-electron chi connectivity index (χ1n) is 8.71. The SMILES string of the molecule is CCNC(=O)Cc1nccc2nn(CCOc3ncc(C(F)(F)F)cc3F)cc12. The predicted octanol–water partition coefficient (Wildman–Crippen LogP) is 2.74. The van der Waals surface area contributed by atoms with Crippen LogP contribution in [0.2, 0.25) is 0 Å². The van der Waals surface area contributed by atoms with E-state index in [1.54, 1.807) is 18.5 Å². The van der Waals surface area contributed by atoms with Crippen molar-refractivity contribution in [3.05, 3.63) is 47.8 Å². The van der Waals surface area contributed by atoms with Gasteiger partial charge >= 0.3 is 6.18 Å². The third-order valence-electron chi connectivity index (χ3n) is 3.96. The molecular formula is C18H17F4N5O2. The van der Waals surface area contributed by atoms with E-state index in [2.05, 4.69) is 20.4 Å². The molecule has 7 nitrogen and oxygen atoms in total. The maximum absolute atomic E-state index is 13.8. The molecular weight excluding hydrogens is 394 g/mol. The van der Waals surface area contributed by atoms with Crippen molar-refractivity contribution in [2.45, 2.75) is 26.1 Å². The minimum Gasteiger partial charge on any atom is -0.474 e. The highest BCUT2D eigenvalue weighted by Gasteiger charge is 2.32. The van der Waals surface area contributed by atoms with Gasteiger partial charge in [-0.1, -0.05) is 0 Å². The number of carbonyl (C=O) groups excluding carboxylic acids is 1. The number of nitrogens with zero attached hydrogens (tertiary/aromatic N) is 4. The van der Waals surface area contributed by atoms with Crippen LogP contribution in [0.1, 0.15) is 18.2 Å². The summed E-state index contributed by atoms with van der Waals surface area (Å²) >= 11 is 0. The van der Waals surface area contributed by atoms with Crippen LogP contribution in [0.25, 0.3) is 10.9 Å². The van der Waals surface area contributed by atoms with Crippen molar-refractivity contribution in [3.8, 4) is 5.88 Å². The van der Waals surface area contributed by atoms with Gasteiger partial charge in [-0.3, -0.25) is 14.5 Å². The molecule has 0 fully saturated rings. The fourth-order valence-corrected chi connectivity index (χ4v) is 2.64. The van der Waals surface area contributed by atoms with Crippen LogP contribution >= 0.6 is 0 Å². The van der Waals surface area contributed by atoms with Gasteiger partial charge in [0.1, 0.15) is 6.61 Å². The van der Waals surface area contributed by atoms with E-state index in [-0.39, 0.29) is 25.5 Å². The molecule has 3 heterocycles. The zero-order valence-corrected chi connectivity index (χ0v) is 15.3. The summed E-state index contributed by atoms with van der Waals surface area (Å²) in [5.41, 5.74) is 0.00187. The first-order chi connectivity index (χ1) is 13.8. The fourth-order valence-electron chi connectivity index (χ4n) is 2.64. The van der Waals surface area contributed by atoms with Crippen LogP contribution in [0, 0.1) is 5.82 Å². The van der Waals surface area contributed by atoms with E-state index in [1.165, 1.54) is 4.68 Å². The number of carbonyl (C=O) groups is 1. The smallest absolute Gasteiger partial charge is 0.417 e. The first-order valence-corrected chi connectivity index (χ1v) is 8.71. The molecule has 0 saturated carbocycles. The second-order valence-electron chi connectivity index (χ2n) is 6.07. The number of fused-ring (bicyclic) bond motifs is 1. The Kier molecular flexibility index (Phi) is 5.95. The predicted molar refractivity (Wildman–Crippen MR) is 94.6 cm³/mol. The molecule has 0 aliphatic rings. The van der Waals surface area contributed by atoms with Gasteiger partial charge in [0.05, 0.1) is 29.7 Å². The van der Waals surface area contributed by atoms with Crippen LogP contribution in [-0.4, -0.2) is 38.8 Å². The van der Waals surface area contributed by atoms with E-state index in [1.807, 2.05) is 6.92 Å². The molecule has 0 aliphatic heterocycles. The number of hydrogen-bond donors (Lipinski definition) is 1. The Morgan fingerprint density at radius 2 is 2.10 bits per heavy atom. The van der Waals surface area contributed by atoms with Gasteiger partial charge in [0, 0.05) is 30.5 Å². The average Bonchev–Trinajstić information content (AvgIpc) is 3.06. The molecule has 0 spiro atoms. The van der Waals surface area contributed by atoms with Gasteiger partial charge in [0.15, 0.2) is 5.82 Å². The molecule has 0 radical (unpaired) electrons. The van der Waals surface area contributed by atoms with Crippen molar-refractivity contribution >= 4 is 16.8 Å². The number of likely N-dealkylation sites (N-methyl/N-ethyl adjacent to an activating group) is 1. The Labute approximate surface area is 162 Å². The summed E-state index contributed by atoms with van der Waals surface area (Å²) in [5.74, 6) is -1.88. The van der Waals surface area contributed by atoms with Gasteiger partial charge in [-0.2, -0.15) is 18.3 Å². The molecule has 3 rings (SSSR count). The summed E-state index contributed by atoms with van der Waals surface area (Å²) in [4.78, 5) is 19.4. The quantitative estimate of drug-likeness (QED) is 0.605. The number of halogens is 4. The van der Waals surface area contributed by atoms with E-state index in [4.69, 9.17) is 4.74 Å². The van der Waals surface area contributed by atoms with E-state index in [9.17, 15) is 22.4 Å². The Bertz CT molecular complexity index is 1020. The van der Waals surface area contributed by atoms with Crippen LogP contribution < -0.4 is 10.1 Å². The zero-order valence-electron chi connectivity index (χ0n) is 15.3. The van der Waals surface area contributed by atoms with E-state index in [0.29, 0.717) is 35.4 Å². The van der Waals surface area contributed by atoms with Crippen LogP contribution in [0.4, 0.5) is 17.6 Å². The Morgan fingerprint density at radius 1 is 1.31 bits per heavy atom. The topological polar surface area (TPSA) is 81.9 Å². The maximum atomic E-state index is 13.8. The van der Waals surface area contributed by atoms with Crippen LogP contribution in [0.5, 0.6) is 5.88 Å². The lowest BCUT2D eigenvalue weighted by atomic mass is 10.2. The summed E-state index contributed by atoms with van der Waals surface area (Å²) in [6.07, 6.45) is -0.835. The third kappa shape index (κ3) is 4.98. The molecule has 0 aliphatic carbocycles. The second-order valence-corrected chi connectivity index (χ2v) is 6.07. The van der Waals surface area contributed by atoms with Gasteiger partial charge in [-0.15, -0.1) is 0 Å². The maximum Gasteiger partial charge on any atom is 0.417 e. The molecule has 154 valence electrons. The van der Waals surface area contributed by atoms with Crippen LogP contribution in [0.3, 0.4) is 0 Å². The first kappa shape index (κ1) is 20.5. The number of hydrogen-bond acceptors (Lipinski definition) is 5. The molecule has 3 aromatic rings. The van der Waals surface area contributed by atoms with Crippen molar-refractivity contribution in [2.24, 2.45) is 0 Å². The van der Waals surface area contributed by atoms with Gasteiger partial charge in [-0.05, 0) is 19.1 Å². The van der Waals surface area contributed by atoms with Crippen LogP contribution in [0.15, 0.2) is 30.7 Å². The Morgan fingerprint density at radius 3 is 2.79 bits per heavy atom. The Hall–Kier alpha value is -3.24. The minimum atomic E-state index is -4.68. The van der Waals surface area contributed by atoms with Crippen molar-refractivity contribution in [3.63, 3.8) is 0 Å². The van der Waals surface area contributed by atoms with Gasteiger partial charge < -0.3 is 10.1 Å². The second kappa shape index (κ2) is 8.41. The summed E-state index contributed by atoms with van der Waals surface area (Å²) in [7, 11) is 0. The van der Waals surface area contributed by atoms with E-state index < -0.39 is 23.4 Å². The highest BCUT2D eigenvalue weighted by molar-refractivity contribution is 5.86. The largest absolute Gasteiger partial charge is 0.474 e. The van der Waals surface area contributed by atoms with Crippen molar-refractivity contribution < 1.29 is 27.1 Å². The molecule has 0 aromatic carbocycles. The lowest BCUT2D eigenvalue weighted by Crippen LogP contribution is -2.24. The zero-order chi connectivity index (χ0) is 21.0. The van der Waals surface area contributed by atoms with Gasteiger partial charge in [0.25, 0.3) is 0 Å². The summed E-state index contributed by atoms with van der Waals surface area (Å²) in [5, 5.41) is 7.72. The van der Waals surface area contributed by atoms with Crippen molar-refractivity contribution in [1.82, 2.24) is 25.1 Å². The Balaban J connectivity index is 1.66. The molecule has 1 N–H and O–H groups in total. The number of nitrogens with one attached hydrogen (secondary N) is 1. The molecule has 11 heteroatoms. The van der Waals surface area contributed by atoms with E-state index in [0.717, 1.165) is 0 Å². The average molecular weight is 411 g/mol. The lowest BCUT2D eigenvalue weighted by Gasteiger charge is -2.09. The third-order valence-corrected chi connectivity index (χ3v) is 3.96. The van der Waals surface area contributed by atoms with Gasteiger partial charge in [0.2, 0.25) is 11.8 Å². The fraction of sp³-hybridized carbons (Fsp3) is 0.333.